The minimum Gasteiger partial charge on any atom is -0.462 e. The van der Waals surface area contributed by atoms with Crippen LogP contribution >= 0.6 is 0 Å². The van der Waals surface area contributed by atoms with Gasteiger partial charge in [0.05, 0.1) is 0 Å². The molecule has 0 aliphatic rings. The molecule has 0 saturated carbocycles. The fourth-order valence-electron chi connectivity index (χ4n) is 7.18. The van der Waals surface area contributed by atoms with Gasteiger partial charge in [0.25, 0.3) is 0 Å². The molecule has 6 heteroatoms. The van der Waals surface area contributed by atoms with Gasteiger partial charge in [0.2, 0.25) is 0 Å². The quantitative estimate of drug-likeness (QED) is 0.0262. The van der Waals surface area contributed by atoms with E-state index >= 15 is 0 Å². The highest BCUT2D eigenvalue weighted by atomic mass is 16.6. The van der Waals surface area contributed by atoms with E-state index in [-0.39, 0.29) is 31.1 Å². The number of hydrogen-bond acceptors (Lipinski definition) is 6. The van der Waals surface area contributed by atoms with Gasteiger partial charge in [-0.1, -0.05) is 208 Å². The van der Waals surface area contributed by atoms with Crippen LogP contribution in [0.1, 0.15) is 245 Å². The van der Waals surface area contributed by atoms with Crippen molar-refractivity contribution in [2.24, 2.45) is 0 Å². The summed E-state index contributed by atoms with van der Waals surface area (Å²) in [7, 11) is 0. The predicted molar refractivity (Wildman–Crippen MR) is 284 cm³/mol. The molecule has 6 nitrogen and oxygen atoms in total. The first-order chi connectivity index (χ1) is 32.5. The van der Waals surface area contributed by atoms with Crippen LogP contribution < -0.4 is 0 Å². The molecule has 0 fully saturated rings. The molecule has 0 bridgehead atoms. The maximum absolute atomic E-state index is 12.8. The van der Waals surface area contributed by atoms with Crippen LogP contribution in [0.5, 0.6) is 0 Å². The molecule has 0 aromatic rings. The molecule has 1 atom stereocenters. The van der Waals surface area contributed by atoms with Gasteiger partial charge in [-0.25, -0.2) is 0 Å². The maximum Gasteiger partial charge on any atom is 0.306 e. The topological polar surface area (TPSA) is 78.9 Å². The van der Waals surface area contributed by atoms with E-state index < -0.39 is 6.10 Å². The molecule has 0 aliphatic heterocycles. The zero-order valence-electron chi connectivity index (χ0n) is 42.9. The lowest BCUT2D eigenvalue weighted by Gasteiger charge is -2.18. The molecule has 0 aromatic carbocycles. The molecule has 0 aromatic heterocycles. The second kappa shape index (κ2) is 53.9. The van der Waals surface area contributed by atoms with Gasteiger partial charge in [-0.3, -0.25) is 14.4 Å². The zero-order chi connectivity index (χ0) is 47.9. The number of carbonyl (C=O) groups is 3. The van der Waals surface area contributed by atoms with Gasteiger partial charge >= 0.3 is 17.9 Å². The Hall–Kier alpha value is -3.67. The van der Waals surface area contributed by atoms with Gasteiger partial charge < -0.3 is 14.2 Å². The molecule has 376 valence electrons. The monoisotopic (exact) mass is 917 g/mol. The Labute approximate surface area is 407 Å². The van der Waals surface area contributed by atoms with Crippen LogP contribution in [0.3, 0.4) is 0 Å². The van der Waals surface area contributed by atoms with Gasteiger partial charge in [-0.05, 0) is 116 Å². The van der Waals surface area contributed by atoms with E-state index in [1.165, 1.54) is 83.5 Å². The van der Waals surface area contributed by atoms with Crippen molar-refractivity contribution in [2.75, 3.05) is 13.2 Å². The minimum atomic E-state index is -0.799. The average Bonchev–Trinajstić information content (AvgIpc) is 3.31. The number of rotatable bonds is 48. The predicted octanol–water partition coefficient (Wildman–Crippen LogP) is 18.1. The van der Waals surface area contributed by atoms with E-state index in [4.69, 9.17) is 14.2 Å². The van der Waals surface area contributed by atoms with Gasteiger partial charge in [-0.2, -0.15) is 0 Å². The Morgan fingerprint density at radius 3 is 1.00 bits per heavy atom. The molecule has 0 heterocycles. The van der Waals surface area contributed by atoms with Crippen LogP contribution in [0.25, 0.3) is 0 Å². The first-order valence-electron chi connectivity index (χ1n) is 27.2. The molecule has 0 rings (SSSR count). The Balaban J connectivity index is 4.44. The van der Waals surface area contributed by atoms with Gasteiger partial charge in [0.15, 0.2) is 6.10 Å². The highest BCUT2D eigenvalue weighted by Gasteiger charge is 2.19. The molecular weight excluding hydrogens is 817 g/mol. The summed E-state index contributed by atoms with van der Waals surface area (Å²) in [5.41, 5.74) is 0. The van der Waals surface area contributed by atoms with E-state index in [0.29, 0.717) is 19.3 Å². The molecule has 0 aliphatic carbocycles. The van der Waals surface area contributed by atoms with Crippen molar-refractivity contribution >= 4 is 17.9 Å². The smallest absolute Gasteiger partial charge is 0.306 e. The van der Waals surface area contributed by atoms with Crippen molar-refractivity contribution in [1.82, 2.24) is 0 Å². The lowest BCUT2D eigenvalue weighted by Crippen LogP contribution is -2.30. The first-order valence-corrected chi connectivity index (χ1v) is 27.2. The van der Waals surface area contributed by atoms with Crippen LogP contribution in [-0.2, 0) is 28.6 Å². The molecule has 0 amide bonds. The molecule has 1 unspecified atom stereocenters. The van der Waals surface area contributed by atoms with Gasteiger partial charge in [0, 0.05) is 19.3 Å². The summed E-state index contributed by atoms with van der Waals surface area (Å²) in [6.07, 6.45) is 71.0. The zero-order valence-corrected chi connectivity index (χ0v) is 42.9. The number of esters is 3. The highest BCUT2D eigenvalue weighted by Crippen LogP contribution is 2.14. The molecule has 0 N–H and O–H groups in total. The first kappa shape index (κ1) is 62.3. The standard InChI is InChI=1S/C60H100O6/c1-4-7-10-13-16-19-22-24-26-28-30-32-33-35-38-41-44-47-50-53-59(62)65-56-57(55-64-58(61)52-49-46-43-40-37-21-18-15-12-9-6-3)66-60(63)54-51-48-45-42-39-36-34-31-29-27-25-23-20-17-14-11-8-5-2/h7,10,15-16,18-20,23-24,26-27,29-30,32,35,38,57H,4-6,8-9,11-14,17,21-22,25,28,31,33-34,36-37,39-56H2,1-3H3/b10-7-,18-15-,19-16-,23-20-,26-24-,29-27-,32-30-,38-35-. The fraction of sp³-hybridized carbons (Fsp3) is 0.683. The number of unbranched alkanes of at least 4 members (excludes halogenated alkanes) is 21. The molecule has 0 saturated heterocycles. The summed E-state index contributed by atoms with van der Waals surface area (Å²) in [4.78, 5) is 38.0. The van der Waals surface area contributed by atoms with E-state index in [1.807, 2.05) is 0 Å². The van der Waals surface area contributed by atoms with Crippen molar-refractivity contribution in [3.63, 3.8) is 0 Å². The highest BCUT2D eigenvalue weighted by molar-refractivity contribution is 5.71. The van der Waals surface area contributed by atoms with Crippen LogP contribution in [0.4, 0.5) is 0 Å². The minimum absolute atomic E-state index is 0.0967. The Morgan fingerprint density at radius 2 is 0.606 bits per heavy atom. The van der Waals surface area contributed by atoms with Gasteiger partial charge in [0.1, 0.15) is 13.2 Å². The third-order valence-electron chi connectivity index (χ3n) is 11.3. The summed E-state index contributed by atoms with van der Waals surface area (Å²) in [5, 5.41) is 0. The van der Waals surface area contributed by atoms with E-state index in [2.05, 4.69) is 118 Å². The molecule has 0 spiro atoms. The normalized spacial score (nSPS) is 12.8. The number of allylic oxidation sites excluding steroid dienone is 16. The third-order valence-corrected chi connectivity index (χ3v) is 11.3. The fourth-order valence-corrected chi connectivity index (χ4v) is 7.18. The molecular formula is C60H100O6. The lowest BCUT2D eigenvalue weighted by molar-refractivity contribution is -0.167. The largest absolute Gasteiger partial charge is 0.462 e. The van der Waals surface area contributed by atoms with Crippen LogP contribution in [0, 0.1) is 0 Å². The summed E-state index contributed by atoms with van der Waals surface area (Å²) >= 11 is 0. The molecule has 0 radical (unpaired) electrons. The summed E-state index contributed by atoms with van der Waals surface area (Å²) in [6, 6.07) is 0. The average molecular weight is 917 g/mol. The van der Waals surface area contributed by atoms with Crippen molar-refractivity contribution in [1.29, 1.82) is 0 Å². The second-order valence-corrected chi connectivity index (χ2v) is 17.7. The Bertz CT molecular complexity index is 1330. The van der Waals surface area contributed by atoms with Gasteiger partial charge in [-0.15, -0.1) is 0 Å². The van der Waals surface area contributed by atoms with Crippen LogP contribution in [0.2, 0.25) is 0 Å². The maximum atomic E-state index is 12.8. The number of carbonyl (C=O) groups excluding carboxylic acids is 3. The molecule has 66 heavy (non-hydrogen) atoms. The second-order valence-electron chi connectivity index (χ2n) is 17.7. The SMILES string of the molecule is CC/C=C\C/C=C\C/C=C\C/C=C\C/C=C\CCCCCC(=O)OCC(COC(=O)CCCCCCC/C=C\CCCC)OC(=O)CCCCCCCCC/C=C\C/C=C\CCCCCC. The Kier molecular flexibility index (Phi) is 50.9. The Morgan fingerprint density at radius 1 is 0.318 bits per heavy atom. The van der Waals surface area contributed by atoms with E-state index in [1.54, 1.807) is 0 Å². The summed E-state index contributed by atoms with van der Waals surface area (Å²) in [5.74, 6) is -0.948. The number of ether oxygens (including phenoxy) is 3. The van der Waals surface area contributed by atoms with Crippen molar-refractivity contribution in [3.8, 4) is 0 Å². The van der Waals surface area contributed by atoms with Crippen LogP contribution in [0.15, 0.2) is 97.2 Å². The van der Waals surface area contributed by atoms with E-state index in [9.17, 15) is 14.4 Å². The van der Waals surface area contributed by atoms with Crippen molar-refractivity contribution < 1.29 is 28.6 Å². The lowest BCUT2D eigenvalue weighted by atomic mass is 10.1. The third kappa shape index (κ3) is 51.3. The van der Waals surface area contributed by atoms with Crippen LogP contribution in [-0.4, -0.2) is 37.2 Å². The summed E-state index contributed by atoms with van der Waals surface area (Å²) < 4.78 is 16.8. The van der Waals surface area contributed by atoms with Crippen molar-refractivity contribution in [2.45, 2.75) is 252 Å². The van der Waals surface area contributed by atoms with Crippen molar-refractivity contribution in [3.05, 3.63) is 97.2 Å². The number of hydrogen-bond donors (Lipinski definition) is 0. The summed E-state index contributed by atoms with van der Waals surface area (Å²) in [6.45, 7) is 6.42. The van der Waals surface area contributed by atoms with E-state index in [0.717, 1.165) is 122 Å².